The van der Waals surface area contributed by atoms with Crippen molar-refractivity contribution in [3.05, 3.63) is 59.1 Å². The largest absolute Gasteiger partial charge is 0.333 e. The predicted molar refractivity (Wildman–Crippen MR) is 73.9 cm³/mol. The molecule has 2 aromatic heterocycles. The van der Waals surface area contributed by atoms with E-state index < -0.39 is 0 Å². The Kier molecular flexibility index (Phi) is 4.47. The highest BCUT2D eigenvalue weighted by atomic mass is 35.5. The Morgan fingerprint density at radius 1 is 1.26 bits per heavy atom. The van der Waals surface area contributed by atoms with Crippen LogP contribution in [0.15, 0.2) is 42.9 Å². The molecule has 0 aliphatic heterocycles. The molecule has 98 valence electrons. The van der Waals surface area contributed by atoms with Crippen LogP contribution in [0, 0.1) is 0 Å². The minimum Gasteiger partial charge on any atom is -0.333 e. The topological polar surface area (TPSA) is 46.1 Å². The van der Waals surface area contributed by atoms with Gasteiger partial charge in [-0.05, 0) is 36.8 Å². The van der Waals surface area contributed by atoms with Gasteiger partial charge < -0.3 is 4.90 Å². The van der Waals surface area contributed by atoms with Gasteiger partial charge in [0, 0.05) is 36.7 Å². The van der Waals surface area contributed by atoms with Crippen molar-refractivity contribution in [2.45, 2.75) is 13.5 Å². The highest BCUT2D eigenvalue weighted by Gasteiger charge is 2.15. The first kappa shape index (κ1) is 13.5. The molecule has 5 heteroatoms. The first-order valence-electron chi connectivity index (χ1n) is 6.00. The molecular formula is C14H14ClN3O. The van der Waals surface area contributed by atoms with Crippen LogP contribution in [-0.2, 0) is 6.54 Å². The van der Waals surface area contributed by atoms with E-state index in [2.05, 4.69) is 9.97 Å². The molecule has 0 fully saturated rings. The third-order valence-corrected chi connectivity index (χ3v) is 2.97. The lowest BCUT2D eigenvalue weighted by molar-refractivity contribution is 0.0746. The number of rotatable bonds is 4. The van der Waals surface area contributed by atoms with Crippen LogP contribution >= 0.6 is 11.6 Å². The van der Waals surface area contributed by atoms with Gasteiger partial charge in [0.05, 0.1) is 0 Å². The maximum atomic E-state index is 12.3. The van der Waals surface area contributed by atoms with Gasteiger partial charge in [0.15, 0.2) is 0 Å². The Hall–Kier alpha value is -1.94. The van der Waals surface area contributed by atoms with Gasteiger partial charge in [-0.3, -0.25) is 14.8 Å². The monoisotopic (exact) mass is 275 g/mol. The number of hydrogen-bond donors (Lipinski definition) is 0. The van der Waals surface area contributed by atoms with Crippen LogP contribution in [0.4, 0.5) is 0 Å². The standard InChI is InChI=1S/C14H14ClN3O/c1-2-18(10-11-3-6-16-7-4-11)14(19)13-9-12(15)5-8-17-13/h3-9H,2,10H2,1H3. The maximum Gasteiger partial charge on any atom is 0.272 e. The molecule has 0 unspecified atom stereocenters. The Morgan fingerprint density at radius 3 is 2.63 bits per heavy atom. The van der Waals surface area contributed by atoms with Gasteiger partial charge in [0.1, 0.15) is 5.69 Å². The van der Waals surface area contributed by atoms with Crippen molar-refractivity contribution in [1.29, 1.82) is 0 Å². The van der Waals surface area contributed by atoms with E-state index in [9.17, 15) is 4.79 Å². The smallest absolute Gasteiger partial charge is 0.272 e. The molecule has 0 aliphatic carbocycles. The molecule has 0 saturated carbocycles. The quantitative estimate of drug-likeness (QED) is 0.862. The third-order valence-electron chi connectivity index (χ3n) is 2.73. The Labute approximate surface area is 117 Å². The lowest BCUT2D eigenvalue weighted by Gasteiger charge is -2.20. The molecule has 2 rings (SSSR count). The molecule has 2 aromatic rings. The maximum absolute atomic E-state index is 12.3. The van der Waals surface area contributed by atoms with Crippen molar-refractivity contribution >= 4 is 17.5 Å². The van der Waals surface area contributed by atoms with Gasteiger partial charge in [0.2, 0.25) is 0 Å². The summed E-state index contributed by atoms with van der Waals surface area (Å²) in [6, 6.07) is 7.01. The fourth-order valence-corrected chi connectivity index (χ4v) is 1.88. The minimum absolute atomic E-state index is 0.123. The van der Waals surface area contributed by atoms with E-state index >= 15 is 0 Å². The van der Waals surface area contributed by atoms with E-state index in [1.807, 2.05) is 19.1 Å². The van der Waals surface area contributed by atoms with Gasteiger partial charge in [-0.1, -0.05) is 11.6 Å². The summed E-state index contributed by atoms with van der Waals surface area (Å²) >= 11 is 5.88. The van der Waals surface area contributed by atoms with Crippen LogP contribution in [0.5, 0.6) is 0 Å². The van der Waals surface area contributed by atoms with E-state index in [0.717, 1.165) is 5.56 Å². The van der Waals surface area contributed by atoms with Gasteiger partial charge >= 0.3 is 0 Å². The summed E-state index contributed by atoms with van der Waals surface area (Å²) in [7, 11) is 0. The number of pyridine rings is 2. The van der Waals surface area contributed by atoms with Crippen LogP contribution in [0.3, 0.4) is 0 Å². The van der Waals surface area contributed by atoms with E-state index in [1.165, 1.54) is 6.20 Å². The zero-order chi connectivity index (χ0) is 13.7. The highest BCUT2D eigenvalue weighted by molar-refractivity contribution is 6.30. The number of hydrogen-bond acceptors (Lipinski definition) is 3. The Bertz CT molecular complexity index is 560. The zero-order valence-electron chi connectivity index (χ0n) is 10.6. The summed E-state index contributed by atoms with van der Waals surface area (Å²) in [4.78, 5) is 22.1. The minimum atomic E-state index is -0.123. The second-order valence-electron chi connectivity index (χ2n) is 4.03. The van der Waals surface area contributed by atoms with E-state index in [4.69, 9.17) is 11.6 Å². The van der Waals surface area contributed by atoms with Crippen LogP contribution < -0.4 is 0 Å². The molecule has 0 atom stereocenters. The number of aromatic nitrogens is 2. The third kappa shape index (κ3) is 3.51. The van der Waals surface area contributed by atoms with Gasteiger partial charge in [-0.25, -0.2) is 0 Å². The molecule has 2 heterocycles. The lowest BCUT2D eigenvalue weighted by atomic mass is 10.2. The second kappa shape index (κ2) is 6.29. The van der Waals surface area contributed by atoms with Gasteiger partial charge in [0.25, 0.3) is 5.91 Å². The number of halogens is 1. The number of carbonyl (C=O) groups excluding carboxylic acids is 1. The molecule has 0 N–H and O–H groups in total. The fraction of sp³-hybridized carbons (Fsp3) is 0.214. The summed E-state index contributed by atoms with van der Waals surface area (Å²) in [5.41, 5.74) is 1.40. The van der Waals surface area contributed by atoms with Gasteiger partial charge in [-0.15, -0.1) is 0 Å². The van der Waals surface area contributed by atoms with Gasteiger partial charge in [-0.2, -0.15) is 0 Å². The molecular weight excluding hydrogens is 262 g/mol. The summed E-state index contributed by atoms with van der Waals surface area (Å²) in [6.07, 6.45) is 4.96. The van der Waals surface area contributed by atoms with Crippen LogP contribution in [0.25, 0.3) is 0 Å². The molecule has 4 nitrogen and oxygen atoms in total. The van der Waals surface area contributed by atoms with E-state index in [1.54, 1.807) is 29.4 Å². The van der Waals surface area contributed by atoms with Crippen molar-refractivity contribution < 1.29 is 4.79 Å². The SMILES string of the molecule is CCN(Cc1ccncc1)C(=O)c1cc(Cl)ccn1. The molecule has 19 heavy (non-hydrogen) atoms. The van der Waals surface area contributed by atoms with Crippen LogP contribution in [0.1, 0.15) is 23.0 Å². The van der Waals surface area contributed by atoms with Crippen LogP contribution in [-0.4, -0.2) is 27.3 Å². The van der Waals surface area contributed by atoms with Crippen molar-refractivity contribution in [1.82, 2.24) is 14.9 Å². The zero-order valence-corrected chi connectivity index (χ0v) is 11.3. The Balaban J connectivity index is 2.16. The van der Waals surface area contributed by atoms with Crippen molar-refractivity contribution in [3.63, 3.8) is 0 Å². The molecule has 1 amide bonds. The average molecular weight is 276 g/mol. The second-order valence-corrected chi connectivity index (χ2v) is 4.47. The number of amides is 1. The molecule has 0 radical (unpaired) electrons. The summed E-state index contributed by atoms with van der Waals surface area (Å²) in [5.74, 6) is -0.123. The summed E-state index contributed by atoms with van der Waals surface area (Å²) in [6.45, 7) is 3.07. The normalized spacial score (nSPS) is 10.2. The lowest BCUT2D eigenvalue weighted by Crippen LogP contribution is -2.30. The molecule has 0 bridgehead atoms. The fourth-order valence-electron chi connectivity index (χ4n) is 1.72. The summed E-state index contributed by atoms with van der Waals surface area (Å²) in [5, 5.41) is 0.512. The molecule has 0 saturated heterocycles. The summed E-state index contributed by atoms with van der Waals surface area (Å²) < 4.78 is 0. The van der Waals surface area contributed by atoms with Crippen LogP contribution in [0.2, 0.25) is 5.02 Å². The first-order chi connectivity index (χ1) is 9.20. The van der Waals surface area contributed by atoms with Crippen molar-refractivity contribution in [2.75, 3.05) is 6.54 Å². The Morgan fingerprint density at radius 2 is 2.00 bits per heavy atom. The number of nitrogens with zero attached hydrogens (tertiary/aromatic N) is 3. The van der Waals surface area contributed by atoms with Crippen molar-refractivity contribution in [3.8, 4) is 0 Å². The average Bonchev–Trinajstić information content (AvgIpc) is 2.45. The van der Waals surface area contributed by atoms with E-state index in [0.29, 0.717) is 23.8 Å². The predicted octanol–water partition coefficient (Wildman–Crippen LogP) is 2.79. The first-order valence-corrected chi connectivity index (χ1v) is 6.38. The van der Waals surface area contributed by atoms with Crippen molar-refractivity contribution in [2.24, 2.45) is 0 Å². The number of carbonyl (C=O) groups is 1. The molecule has 0 aliphatic rings. The van der Waals surface area contributed by atoms with E-state index in [-0.39, 0.29) is 5.91 Å². The highest BCUT2D eigenvalue weighted by Crippen LogP contribution is 2.12. The molecule has 0 spiro atoms. The molecule has 0 aromatic carbocycles.